The second-order valence-electron chi connectivity index (χ2n) is 4.02. The number of carbonyl (C=O) groups excluding carboxylic acids is 2. The first-order valence-corrected chi connectivity index (χ1v) is 5.31. The third kappa shape index (κ3) is 1.88. The number of carbonyl (C=O) groups is 2. The Morgan fingerprint density at radius 2 is 2.06 bits per heavy atom. The van der Waals surface area contributed by atoms with Crippen LogP contribution < -0.4 is 11.5 Å². The van der Waals surface area contributed by atoms with Crippen LogP contribution in [0.4, 0.5) is 0 Å². The van der Waals surface area contributed by atoms with Gasteiger partial charge in [0.25, 0.3) is 0 Å². The van der Waals surface area contributed by atoms with E-state index < -0.39 is 17.2 Å². The van der Waals surface area contributed by atoms with Gasteiger partial charge in [0, 0.05) is 30.6 Å². The van der Waals surface area contributed by atoms with E-state index in [4.69, 9.17) is 11.5 Å². The summed E-state index contributed by atoms with van der Waals surface area (Å²) in [4.78, 5) is 31.0. The summed E-state index contributed by atoms with van der Waals surface area (Å²) in [5, 5.41) is 0. The standard InChI is InChI=1S/C12H12N4O2/c13-10(17)8-2-1-3-12(6-8,11(14)18)9-7-15-4-5-16-9/h1-5,7H,6H2,(H2,13,17)(H2,14,18). The molecule has 1 atom stereocenters. The number of amides is 2. The summed E-state index contributed by atoms with van der Waals surface area (Å²) in [5.74, 6) is -1.17. The molecular formula is C12H12N4O2. The van der Waals surface area contributed by atoms with Crippen LogP contribution in [0, 0.1) is 0 Å². The Kier molecular flexibility index (Phi) is 2.93. The van der Waals surface area contributed by atoms with Crippen molar-refractivity contribution in [1.29, 1.82) is 0 Å². The highest BCUT2D eigenvalue weighted by atomic mass is 16.1. The van der Waals surface area contributed by atoms with Gasteiger partial charge in [0.1, 0.15) is 5.41 Å². The molecule has 1 heterocycles. The van der Waals surface area contributed by atoms with E-state index in [-0.39, 0.29) is 6.42 Å². The van der Waals surface area contributed by atoms with Crippen LogP contribution in [0.1, 0.15) is 12.1 Å². The van der Waals surface area contributed by atoms with E-state index >= 15 is 0 Å². The van der Waals surface area contributed by atoms with Crippen LogP contribution in [0.15, 0.2) is 42.4 Å². The summed E-state index contributed by atoms with van der Waals surface area (Å²) < 4.78 is 0. The van der Waals surface area contributed by atoms with Crippen molar-refractivity contribution in [3.63, 3.8) is 0 Å². The first-order valence-electron chi connectivity index (χ1n) is 5.31. The topological polar surface area (TPSA) is 112 Å². The minimum atomic E-state index is -1.16. The molecule has 1 aromatic heterocycles. The number of allylic oxidation sites excluding steroid dienone is 2. The molecular weight excluding hydrogens is 232 g/mol. The molecule has 1 unspecified atom stereocenters. The van der Waals surface area contributed by atoms with Crippen LogP contribution in [0.5, 0.6) is 0 Å². The zero-order valence-electron chi connectivity index (χ0n) is 9.54. The van der Waals surface area contributed by atoms with E-state index in [0.29, 0.717) is 11.3 Å². The van der Waals surface area contributed by atoms with Crippen molar-refractivity contribution in [2.24, 2.45) is 11.5 Å². The smallest absolute Gasteiger partial charge is 0.244 e. The lowest BCUT2D eigenvalue weighted by atomic mass is 9.75. The molecule has 1 aliphatic rings. The molecule has 6 nitrogen and oxygen atoms in total. The molecule has 0 aromatic carbocycles. The molecule has 0 fully saturated rings. The van der Waals surface area contributed by atoms with Crippen LogP contribution in [-0.2, 0) is 15.0 Å². The van der Waals surface area contributed by atoms with Gasteiger partial charge in [0.05, 0.1) is 5.69 Å². The zero-order valence-corrected chi connectivity index (χ0v) is 9.54. The van der Waals surface area contributed by atoms with E-state index in [1.54, 1.807) is 18.2 Å². The Hall–Kier alpha value is -2.50. The average Bonchev–Trinajstić information content (AvgIpc) is 2.39. The minimum Gasteiger partial charge on any atom is -0.369 e. The highest BCUT2D eigenvalue weighted by Crippen LogP contribution is 2.33. The maximum atomic E-state index is 11.8. The van der Waals surface area contributed by atoms with Crippen molar-refractivity contribution in [3.8, 4) is 0 Å². The lowest BCUT2D eigenvalue weighted by molar-refractivity contribution is -0.122. The van der Waals surface area contributed by atoms with Gasteiger partial charge < -0.3 is 11.5 Å². The Balaban J connectivity index is 2.49. The molecule has 0 saturated heterocycles. The third-order valence-corrected chi connectivity index (χ3v) is 2.92. The molecule has 0 radical (unpaired) electrons. The van der Waals surface area contributed by atoms with Crippen molar-refractivity contribution in [2.45, 2.75) is 11.8 Å². The van der Waals surface area contributed by atoms with Gasteiger partial charge in [-0.1, -0.05) is 18.2 Å². The minimum absolute atomic E-state index is 0.104. The first-order chi connectivity index (χ1) is 8.56. The quantitative estimate of drug-likeness (QED) is 0.751. The van der Waals surface area contributed by atoms with E-state index in [0.717, 1.165) is 0 Å². The molecule has 18 heavy (non-hydrogen) atoms. The van der Waals surface area contributed by atoms with Gasteiger partial charge in [-0.15, -0.1) is 0 Å². The number of aromatic nitrogens is 2. The van der Waals surface area contributed by atoms with Gasteiger partial charge in [0.2, 0.25) is 11.8 Å². The van der Waals surface area contributed by atoms with E-state index in [2.05, 4.69) is 9.97 Å². The van der Waals surface area contributed by atoms with Gasteiger partial charge in [-0.2, -0.15) is 0 Å². The van der Waals surface area contributed by atoms with E-state index in [1.165, 1.54) is 18.6 Å². The fraction of sp³-hybridized carbons (Fsp3) is 0.167. The van der Waals surface area contributed by atoms with E-state index in [9.17, 15) is 9.59 Å². The fourth-order valence-electron chi connectivity index (χ4n) is 1.92. The van der Waals surface area contributed by atoms with Crippen molar-refractivity contribution >= 4 is 11.8 Å². The van der Waals surface area contributed by atoms with Crippen molar-refractivity contribution < 1.29 is 9.59 Å². The molecule has 2 amide bonds. The average molecular weight is 244 g/mol. The maximum Gasteiger partial charge on any atom is 0.244 e. The van der Waals surface area contributed by atoms with Crippen LogP contribution in [0.3, 0.4) is 0 Å². The number of nitrogens with zero attached hydrogens (tertiary/aromatic N) is 2. The first kappa shape index (κ1) is 12.0. The number of rotatable bonds is 3. The van der Waals surface area contributed by atoms with Crippen molar-refractivity contribution in [1.82, 2.24) is 9.97 Å². The van der Waals surface area contributed by atoms with Gasteiger partial charge in [0.15, 0.2) is 0 Å². The number of nitrogens with two attached hydrogens (primary N) is 2. The normalized spacial score (nSPS) is 22.3. The van der Waals surface area contributed by atoms with Gasteiger partial charge in [-0.05, 0) is 0 Å². The van der Waals surface area contributed by atoms with Crippen LogP contribution in [0.2, 0.25) is 0 Å². The number of primary amides is 2. The Morgan fingerprint density at radius 3 is 2.61 bits per heavy atom. The molecule has 0 bridgehead atoms. The van der Waals surface area contributed by atoms with Gasteiger partial charge in [-0.3, -0.25) is 19.6 Å². The molecule has 1 aromatic rings. The fourth-order valence-corrected chi connectivity index (χ4v) is 1.92. The molecule has 0 aliphatic heterocycles. The van der Waals surface area contributed by atoms with Crippen LogP contribution >= 0.6 is 0 Å². The predicted octanol–water partition coefficient (Wildman–Crippen LogP) is -0.429. The summed E-state index contributed by atoms with van der Waals surface area (Å²) in [6, 6.07) is 0. The molecule has 2 rings (SSSR count). The highest BCUT2D eigenvalue weighted by Gasteiger charge is 2.40. The summed E-state index contributed by atoms with van der Waals surface area (Å²) in [5.41, 5.74) is 10.3. The number of hydrogen-bond acceptors (Lipinski definition) is 4. The molecule has 92 valence electrons. The Morgan fingerprint density at radius 1 is 1.28 bits per heavy atom. The van der Waals surface area contributed by atoms with Crippen LogP contribution in [-0.4, -0.2) is 21.8 Å². The monoisotopic (exact) mass is 244 g/mol. The molecule has 1 aliphatic carbocycles. The maximum absolute atomic E-state index is 11.8. The van der Waals surface area contributed by atoms with Gasteiger partial charge in [-0.25, -0.2) is 0 Å². The summed E-state index contributed by atoms with van der Waals surface area (Å²) in [7, 11) is 0. The number of hydrogen-bond donors (Lipinski definition) is 2. The molecule has 4 N–H and O–H groups in total. The Bertz CT molecular complexity index is 550. The van der Waals surface area contributed by atoms with Crippen molar-refractivity contribution in [3.05, 3.63) is 48.1 Å². The zero-order chi connectivity index (χ0) is 13.2. The Labute approximate surface area is 103 Å². The van der Waals surface area contributed by atoms with E-state index in [1.807, 2.05) is 0 Å². The lowest BCUT2D eigenvalue weighted by Crippen LogP contribution is -2.42. The second-order valence-corrected chi connectivity index (χ2v) is 4.02. The second kappa shape index (κ2) is 4.40. The molecule has 6 heteroatoms. The molecule has 0 spiro atoms. The lowest BCUT2D eigenvalue weighted by Gasteiger charge is -2.28. The molecule has 0 saturated carbocycles. The predicted molar refractivity (Wildman–Crippen MR) is 63.9 cm³/mol. The highest BCUT2D eigenvalue weighted by molar-refractivity contribution is 5.97. The SMILES string of the molecule is NC(=O)C1=CC=CC(C(N)=O)(c2cnccn2)C1. The summed E-state index contributed by atoms with van der Waals surface area (Å²) >= 11 is 0. The van der Waals surface area contributed by atoms with Crippen molar-refractivity contribution in [2.75, 3.05) is 0 Å². The summed E-state index contributed by atoms with van der Waals surface area (Å²) in [6.45, 7) is 0. The third-order valence-electron chi connectivity index (χ3n) is 2.92. The van der Waals surface area contributed by atoms with Crippen LogP contribution in [0.25, 0.3) is 0 Å². The summed E-state index contributed by atoms with van der Waals surface area (Å²) in [6.07, 6.45) is 9.30. The van der Waals surface area contributed by atoms with Gasteiger partial charge >= 0.3 is 0 Å². The largest absolute Gasteiger partial charge is 0.369 e.